The third-order valence-electron chi connectivity index (χ3n) is 2.00. The summed E-state index contributed by atoms with van der Waals surface area (Å²) >= 11 is 3.18. The molecular formula is C10H13BrN2O5S. The maximum atomic E-state index is 11.8. The van der Waals surface area contributed by atoms with E-state index in [4.69, 9.17) is 4.74 Å². The van der Waals surface area contributed by atoms with Gasteiger partial charge >= 0.3 is 6.09 Å². The first-order valence-electron chi connectivity index (χ1n) is 5.19. The largest absolute Gasteiger partial charge is 0.496 e. The summed E-state index contributed by atoms with van der Waals surface area (Å²) in [4.78, 5) is 12.9. The van der Waals surface area contributed by atoms with Gasteiger partial charge in [-0.25, -0.2) is 18.6 Å². The lowest BCUT2D eigenvalue weighted by Crippen LogP contribution is -2.41. The summed E-state index contributed by atoms with van der Waals surface area (Å²) in [6.45, 7) is 1.75. The minimum Gasteiger partial charge on any atom is -0.496 e. The second-order valence-corrected chi connectivity index (χ2v) is 5.78. The molecule has 0 aliphatic carbocycles. The van der Waals surface area contributed by atoms with Gasteiger partial charge in [-0.15, -0.1) is 4.83 Å². The first-order chi connectivity index (χ1) is 8.90. The highest BCUT2D eigenvalue weighted by atomic mass is 79.9. The summed E-state index contributed by atoms with van der Waals surface area (Å²) in [6, 6.07) is 4.19. The number of rotatable bonds is 5. The average Bonchev–Trinajstić information content (AvgIpc) is 2.37. The van der Waals surface area contributed by atoms with E-state index in [9.17, 15) is 13.2 Å². The van der Waals surface area contributed by atoms with Crippen LogP contribution in [0, 0.1) is 0 Å². The van der Waals surface area contributed by atoms with Gasteiger partial charge in [0.25, 0.3) is 10.0 Å². The molecule has 9 heteroatoms. The van der Waals surface area contributed by atoms with Crippen LogP contribution in [0.15, 0.2) is 27.6 Å². The smallest absolute Gasteiger partial charge is 0.422 e. The fourth-order valence-electron chi connectivity index (χ4n) is 1.15. The number of methoxy groups -OCH3 is 1. The zero-order chi connectivity index (χ0) is 14.5. The van der Waals surface area contributed by atoms with Gasteiger partial charge in [0.1, 0.15) is 5.75 Å². The lowest BCUT2D eigenvalue weighted by atomic mass is 10.3. The highest BCUT2D eigenvalue weighted by Crippen LogP contribution is 2.27. The second kappa shape index (κ2) is 6.73. The molecule has 1 aromatic rings. The number of sulfonamides is 1. The van der Waals surface area contributed by atoms with Crippen molar-refractivity contribution < 1.29 is 22.7 Å². The van der Waals surface area contributed by atoms with Crippen LogP contribution in [-0.4, -0.2) is 28.2 Å². The van der Waals surface area contributed by atoms with Crippen molar-refractivity contribution in [1.29, 1.82) is 0 Å². The molecule has 2 N–H and O–H groups in total. The van der Waals surface area contributed by atoms with Gasteiger partial charge in [0.15, 0.2) is 0 Å². The molecule has 1 amide bonds. The number of carbonyl (C=O) groups excluding carboxylic acids is 1. The first kappa shape index (κ1) is 15.7. The standard InChI is InChI=1S/C10H13BrN2O5S/c1-3-18-10(14)12-13-19(15,16)7-4-5-9(17-2)8(11)6-7/h4-6,13H,3H2,1-2H3,(H,12,14). The van der Waals surface area contributed by atoms with Crippen molar-refractivity contribution >= 4 is 32.0 Å². The highest BCUT2D eigenvalue weighted by Gasteiger charge is 2.17. The quantitative estimate of drug-likeness (QED) is 0.781. The lowest BCUT2D eigenvalue weighted by molar-refractivity contribution is 0.150. The van der Waals surface area contributed by atoms with Gasteiger partial charge in [-0.3, -0.25) is 0 Å². The van der Waals surface area contributed by atoms with Crippen LogP contribution in [-0.2, 0) is 14.8 Å². The zero-order valence-electron chi connectivity index (χ0n) is 10.3. The molecule has 0 radical (unpaired) electrons. The Morgan fingerprint density at radius 1 is 1.42 bits per heavy atom. The summed E-state index contributed by atoms with van der Waals surface area (Å²) in [5.74, 6) is 0.498. The molecule has 0 saturated carbocycles. The number of ether oxygens (including phenoxy) is 2. The summed E-state index contributed by atoms with van der Waals surface area (Å²) in [6.07, 6.45) is -0.876. The normalized spacial score (nSPS) is 10.9. The molecule has 0 spiro atoms. The molecule has 0 bridgehead atoms. The van der Waals surface area contributed by atoms with Crippen molar-refractivity contribution in [3.63, 3.8) is 0 Å². The zero-order valence-corrected chi connectivity index (χ0v) is 12.7. The molecule has 1 aromatic carbocycles. The predicted molar refractivity (Wildman–Crippen MR) is 71.2 cm³/mol. The number of hydrogen-bond acceptors (Lipinski definition) is 5. The van der Waals surface area contributed by atoms with Crippen molar-refractivity contribution in [2.45, 2.75) is 11.8 Å². The van der Waals surface area contributed by atoms with E-state index in [-0.39, 0.29) is 11.5 Å². The number of hydrogen-bond donors (Lipinski definition) is 2. The Morgan fingerprint density at radius 2 is 2.11 bits per heavy atom. The van der Waals surface area contributed by atoms with Crippen LogP contribution in [0.3, 0.4) is 0 Å². The van der Waals surface area contributed by atoms with Gasteiger partial charge in [0, 0.05) is 0 Å². The molecule has 7 nitrogen and oxygen atoms in total. The van der Waals surface area contributed by atoms with E-state index in [1.807, 2.05) is 10.3 Å². The van der Waals surface area contributed by atoms with Crippen LogP contribution >= 0.6 is 15.9 Å². The molecule has 1 rings (SSSR count). The fraction of sp³-hybridized carbons (Fsp3) is 0.300. The molecule has 0 atom stereocenters. The number of benzene rings is 1. The molecule has 0 heterocycles. The maximum absolute atomic E-state index is 11.8. The lowest BCUT2D eigenvalue weighted by Gasteiger charge is -2.09. The number of amides is 1. The van der Waals surface area contributed by atoms with Crippen LogP contribution in [0.2, 0.25) is 0 Å². The third kappa shape index (κ3) is 4.37. The molecule has 0 unspecified atom stereocenters. The minimum absolute atomic E-state index is 0.0306. The third-order valence-corrected chi connectivity index (χ3v) is 3.86. The van der Waals surface area contributed by atoms with E-state index in [0.29, 0.717) is 10.2 Å². The Morgan fingerprint density at radius 3 is 2.63 bits per heavy atom. The number of hydrazine groups is 1. The van der Waals surface area contributed by atoms with E-state index >= 15 is 0 Å². The van der Waals surface area contributed by atoms with Crippen LogP contribution in [0.1, 0.15) is 6.92 Å². The molecule has 0 fully saturated rings. The van der Waals surface area contributed by atoms with Crippen molar-refractivity contribution in [3.05, 3.63) is 22.7 Å². The second-order valence-electron chi connectivity index (χ2n) is 3.25. The van der Waals surface area contributed by atoms with E-state index < -0.39 is 16.1 Å². The van der Waals surface area contributed by atoms with Gasteiger partial charge in [-0.2, -0.15) is 0 Å². The minimum atomic E-state index is -3.87. The number of nitrogens with one attached hydrogen (secondary N) is 2. The Labute approximate surface area is 119 Å². The van der Waals surface area contributed by atoms with E-state index in [2.05, 4.69) is 20.7 Å². The molecule has 0 aliphatic rings. The van der Waals surface area contributed by atoms with Gasteiger partial charge in [-0.05, 0) is 41.1 Å². The summed E-state index contributed by atoms with van der Waals surface area (Å²) in [7, 11) is -2.40. The summed E-state index contributed by atoms with van der Waals surface area (Å²) in [5.41, 5.74) is 1.92. The van der Waals surface area contributed by atoms with Crippen molar-refractivity contribution in [3.8, 4) is 5.75 Å². The molecule has 19 heavy (non-hydrogen) atoms. The van der Waals surface area contributed by atoms with Gasteiger partial charge in [0.2, 0.25) is 0 Å². The topological polar surface area (TPSA) is 93.7 Å². The Balaban J connectivity index is 2.83. The number of halogens is 1. The van der Waals surface area contributed by atoms with Crippen molar-refractivity contribution in [2.24, 2.45) is 0 Å². The van der Waals surface area contributed by atoms with E-state index in [1.54, 1.807) is 6.92 Å². The van der Waals surface area contributed by atoms with E-state index in [1.165, 1.54) is 25.3 Å². The van der Waals surface area contributed by atoms with Crippen LogP contribution in [0.25, 0.3) is 0 Å². The van der Waals surface area contributed by atoms with Crippen molar-refractivity contribution in [1.82, 2.24) is 10.3 Å². The van der Waals surface area contributed by atoms with E-state index in [0.717, 1.165) is 0 Å². The van der Waals surface area contributed by atoms with Gasteiger partial charge in [0.05, 0.1) is 23.1 Å². The monoisotopic (exact) mass is 352 g/mol. The Bertz CT molecular complexity index is 561. The molecular weight excluding hydrogens is 340 g/mol. The predicted octanol–water partition coefficient (Wildman–Crippen LogP) is 1.40. The molecule has 0 aromatic heterocycles. The van der Waals surface area contributed by atoms with Crippen molar-refractivity contribution in [2.75, 3.05) is 13.7 Å². The average molecular weight is 353 g/mol. The van der Waals surface area contributed by atoms with Gasteiger partial charge in [-0.1, -0.05) is 0 Å². The van der Waals surface area contributed by atoms with Crippen LogP contribution < -0.4 is 15.0 Å². The van der Waals surface area contributed by atoms with Crippen LogP contribution in [0.5, 0.6) is 5.75 Å². The maximum Gasteiger partial charge on any atom is 0.422 e. The SMILES string of the molecule is CCOC(=O)NNS(=O)(=O)c1ccc(OC)c(Br)c1. The van der Waals surface area contributed by atoms with Gasteiger partial charge < -0.3 is 9.47 Å². The summed E-state index contributed by atoms with van der Waals surface area (Å²) in [5, 5.41) is 0. The highest BCUT2D eigenvalue weighted by molar-refractivity contribution is 9.10. The fourth-order valence-corrected chi connectivity index (χ4v) is 2.70. The summed E-state index contributed by atoms with van der Waals surface area (Å²) < 4.78 is 33.7. The Kier molecular flexibility index (Phi) is 5.58. The van der Waals surface area contributed by atoms with Crippen LogP contribution in [0.4, 0.5) is 4.79 Å². The molecule has 106 valence electrons. The molecule has 0 saturated heterocycles. The Hall–Kier alpha value is -1.32. The molecule has 0 aliphatic heterocycles. The number of carbonyl (C=O) groups is 1. The first-order valence-corrected chi connectivity index (χ1v) is 7.46.